The van der Waals surface area contributed by atoms with E-state index in [1.54, 1.807) is 13.3 Å². The van der Waals surface area contributed by atoms with Gasteiger partial charge in [-0.25, -0.2) is 15.0 Å². The predicted molar refractivity (Wildman–Crippen MR) is 142 cm³/mol. The average Bonchev–Trinajstić information content (AvgIpc) is 2.93. The molecule has 10 heteroatoms. The highest BCUT2D eigenvalue weighted by molar-refractivity contribution is 6.01. The Bertz CT molecular complexity index is 1190. The molecule has 1 saturated heterocycles. The number of anilines is 3. The summed E-state index contributed by atoms with van der Waals surface area (Å²) in [6.07, 6.45) is 9.76. The first-order valence-electron chi connectivity index (χ1n) is 12.7. The van der Waals surface area contributed by atoms with Crippen LogP contribution in [0.3, 0.4) is 0 Å². The molecule has 0 amide bonds. The maximum Gasteiger partial charge on any atom is 0.185 e. The van der Waals surface area contributed by atoms with Gasteiger partial charge in [-0.05, 0) is 37.3 Å². The number of hydrogen-bond acceptors (Lipinski definition) is 10. The summed E-state index contributed by atoms with van der Waals surface area (Å²) in [6, 6.07) is 6.43. The lowest BCUT2D eigenvalue weighted by atomic mass is 9.82. The quantitative estimate of drug-likeness (QED) is 0.597. The van der Waals surface area contributed by atoms with Crippen LogP contribution < -0.4 is 21.8 Å². The van der Waals surface area contributed by atoms with E-state index in [1.807, 2.05) is 12.4 Å². The van der Waals surface area contributed by atoms with Crippen LogP contribution in [0.25, 0.3) is 11.1 Å². The molecule has 36 heavy (non-hydrogen) atoms. The Morgan fingerprint density at radius 2 is 1.94 bits per heavy atom. The first kappa shape index (κ1) is 23.4. The van der Waals surface area contributed by atoms with Gasteiger partial charge in [0.25, 0.3) is 0 Å². The minimum atomic E-state index is -0.894. The number of nitrogens with zero attached hydrogens (tertiary/aromatic N) is 5. The second-order valence-corrected chi connectivity index (χ2v) is 9.96. The van der Waals surface area contributed by atoms with Gasteiger partial charge in [-0.15, -0.1) is 0 Å². The van der Waals surface area contributed by atoms with Gasteiger partial charge in [-0.2, -0.15) is 0 Å². The number of pyridine rings is 1. The van der Waals surface area contributed by atoms with E-state index in [1.165, 1.54) is 0 Å². The Morgan fingerprint density at radius 1 is 1.14 bits per heavy atom. The van der Waals surface area contributed by atoms with Crippen molar-refractivity contribution in [1.29, 1.82) is 0 Å². The van der Waals surface area contributed by atoms with Crippen LogP contribution >= 0.6 is 0 Å². The number of hydrazine groups is 1. The summed E-state index contributed by atoms with van der Waals surface area (Å²) in [5.41, 5.74) is 19.1. The first-order chi connectivity index (χ1) is 17.6. The number of aliphatic imine (C=N–C) groups is 2. The Kier molecular flexibility index (Phi) is 6.12. The molecule has 1 unspecified atom stereocenters. The van der Waals surface area contributed by atoms with Gasteiger partial charge >= 0.3 is 0 Å². The van der Waals surface area contributed by atoms with E-state index in [4.69, 9.17) is 25.9 Å². The number of rotatable bonds is 4. The van der Waals surface area contributed by atoms with Crippen molar-refractivity contribution < 1.29 is 9.47 Å². The van der Waals surface area contributed by atoms with Crippen molar-refractivity contribution in [3.63, 3.8) is 0 Å². The second-order valence-electron chi connectivity index (χ2n) is 9.96. The van der Waals surface area contributed by atoms with Crippen molar-refractivity contribution in [3.05, 3.63) is 35.5 Å². The highest BCUT2D eigenvalue weighted by atomic mass is 16.5. The van der Waals surface area contributed by atoms with Crippen LogP contribution in [0.15, 0.2) is 34.4 Å². The molecule has 4 heterocycles. The minimum Gasteiger partial charge on any atom is -0.383 e. The molecule has 4 aliphatic rings. The molecule has 0 spiro atoms. The summed E-state index contributed by atoms with van der Waals surface area (Å²) in [7, 11) is 1.78. The van der Waals surface area contributed by atoms with Crippen LogP contribution in [0.1, 0.15) is 36.8 Å². The molecule has 1 saturated carbocycles. The Morgan fingerprint density at radius 3 is 2.72 bits per heavy atom. The molecule has 1 aromatic heterocycles. The molecule has 5 N–H and O–H groups in total. The lowest BCUT2D eigenvalue weighted by Crippen LogP contribution is -2.55. The molecular formula is C26H34N8O2. The van der Waals surface area contributed by atoms with E-state index < -0.39 is 5.79 Å². The van der Waals surface area contributed by atoms with Crippen LogP contribution in [0, 0.1) is 5.92 Å². The van der Waals surface area contributed by atoms with Gasteiger partial charge in [0.15, 0.2) is 5.79 Å². The van der Waals surface area contributed by atoms with Crippen LogP contribution in [0.4, 0.5) is 17.2 Å². The molecule has 1 aromatic carbocycles. The molecule has 2 fully saturated rings. The molecular weight excluding hydrogens is 456 g/mol. The fraction of sp³-hybridized carbons (Fsp3) is 0.500. The standard InChI is InChI=1S/C26H34N8O2/c1-35-20-6-4-19(5-7-20)26(28)31-15-22-24(32-26)21(14-30-25(22)27)17-2-3-18-13-29-16-34(23(18)12-17)33-8-10-36-11-9-33/h2-3,12-15,19-20,32H,4-11,16,28H2,1H3,(H2,27,30). The Balaban J connectivity index is 1.35. The summed E-state index contributed by atoms with van der Waals surface area (Å²) in [6.45, 7) is 3.72. The number of aromatic nitrogens is 1. The van der Waals surface area contributed by atoms with E-state index in [0.717, 1.165) is 85.6 Å². The van der Waals surface area contributed by atoms with E-state index in [-0.39, 0.29) is 5.92 Å². The van der Waals surface area contributed by atoms with Gasteiger partial charge in [-0.3, -0.25) is 15.7 Å². The average molecular weight is 491 g/mol. The van der Waals surface area contributed by atoms with Crippen molar-refractivity contribution >= 4 is 29.6 Å². The highest BCUT2D eigenvalue weighted by Gasteiger charge is 2.40. The van der Waals surface area contributed by atoms with Gasteiger partial charge < -0.3 is 20.5 Å². The molecule has 1 aliphatic carbocycles. The normalized spacial score (nSPS) is 27.9. The van der Waals surface area contributed by atoms with Crippen molar-refractivity contribution in [2.75, 3.05) is 56.1 Å². The van der Waals surface area contributed by atoms with Crippen LogP contribution in [0.5, 0.6) is 0 Å². The monoisotopic (exact) mass is 490 g/mol. The van der Waals surface area contributed by atoms with Crippen molar-refractivity contribution in [2.24, 2.45) is 21.6 Å². The highest BCUT2D eigenvalue weighted by Crippen LogP contribution is 2.42. The van der Waals surface area contributed by atoms with E-state index in [0.29, 0.717) is 18.6 Å². The molecule has 2 aromatic rings. The van der Waals surface area contributed by atoms with Crippen LogP contribution in [-0.2, 0) is 9.47 Å². The van der Waals surface area contributed by atoms with Crippen LogP contribution in [-0.4, -0.2) is 74.4 Å². The SMILES string of the molecule is COC1CCC(C2(N)N=Cc3c(N)ncc(-c4ccc5c(c4)N(N4CCOCC4)CN=C5)c3N2)CC1. The molecule has 6 rings (SSSR count). The zero-order chi connectivity index (χ0) is 24.7. The second kappa shape index (κ2) is 9.44. The Hall–Kier alpha value is -3.05. The third kappa shape index (κ3) is 4.13. The maximum atomic E-state index is 6.91. The van der Waals surface area contributed by atoms with Crippen molar-refractivity contribution in [2.45, 2.75) is 37.6 Å². The van der Waals surface area contributed by atoms with Crippen LogP contribution in [0.2, 0.25) is 0 Å². The number of benzene rings is 1. The number of hydrogen-bond donors (Lipinski definition) is 3. The number of nitrogens with two attached hydrogens (primary N) is 2. The van der Waals surface area contributed by atoms with Gasteiger partial charge in [0, 0.05) is 55.9 Å². The van der Waals surface area contributed by atoms with Crippen molar-refractivity contribution in [3.8, 4) is 11.1 Å². The maximum absolute atomic E-state index is 6.91. The molecule has 190 valence electrons. The van der Waals surface area contributed by atoms with Gasteiger partial charge in [0.2, 0.25) is 0 Å². The topological polar surface area (TPSA) is 127 Å². The lowest BCUT2D eigenvalue weighted by Gasteiger charge is -2.42. The Labute approximate surface area is 211 Å². The molecule has 10 nitrogen and oxygen atoms in total. The molecule has 3 aliphatic heterocycles. The van der Waals surface area contributed by atoms with Gasteiger partial charge in [0.1, 0.15) is 12.5 Å². The number of fused-ring (bicyclic) bond motifs is 2. The smallest absolute Gasteiger partial charge is 0.185 e. The van der Waals surface area contributed by atoms with E-state index >= 15 is 0 Å². The minimum absolute atomic E-state index is 0.201. The number of methoxy groups -OCH3 is 1. The molecule has 0 radical (unpaired) electrons. The number of nitrogens with one attached hydrogen (secondary N) is 1. The van der Waals surface area contributed by atoms with Gasteiger partial charge in [-0.1, -0.05) is 12.1 Å². The fourth-order valence-corrected chi connectivity index (χ4v) is 5.75. The van der Waals surface area contributed by atoms with Gasteiger partial charge in [0.05, 0.1) is 36.3 Å². The summed E-state index contributed by atoms with van der Waals surface area (Å²) < 4.78 is 11.1. The van der Waals surface area contributed by atoms with E-state index in [9.17, 15) is 0 Å². The molecule has 0 bridgehead atoms. The zero-order valence-corrected chi connectivity index (χ0v) is 20.7. The summed E-state index contributed by atoms with van der Waals surface area (Å²) in [5.74, 6) is -0.253. The number of morpholine rings is 1. The number of nitrogen functional groups attached to an aromatic ring is 1. The molecule has 1 atom stereocenters. The third-order valence-electron chi connectivity index (χ3n) is 7.90. The predicted octanol–water partition coefficient (Wildman–Crippen LogP) is 2.44. The fourth-order valence-electron chi connectivity index (χ4n) is 5.75. The van der Waals surface area contributed by atoms with E-state index in [2.05, 4.69) is 43.5 Å². The largest absolute Gasteiger partial charge is 0.383 e. The first-order valence-corrected chi connectivity index (χ1v) is 12.7. The zero-order valence-electron chi connectivity index (χ0n) is 20.7. The summed E-state index contributed by atoms with van der Waals surface area (Å²) in [5, 5.41) is 8.15. The summed E-state index contributed by atoms with van der Waals surface area (Å²) >= 11 is 0. The van der Waals surface area contributed by atoms with Crippen molar-refractivity contribution in [1.82, 2.24) is 9.99 Å². The lowest BCUT2D eigenvalue weighted by molar-refractivity contribution is 0.0318. The number of ether oxygens (including phenoxy) is 2. The summed E-state index contributed by atoms with van der Waals surface area (Å²) in [4.78, 5) is 13.8. The third-order valence-corrected chi connectivity index (χ3v) is 7.90.